The van der Waals surface area contributed by atoms with Gasteiger partial charge in [-0.2, -0.15) is 0 Å². The summed E-state index contributed by atoms with van der Waals surface area (Å²) in [4.78, 5) is 35.4. The van der Waals surface area contributed by atoms with Gasteiger partial charge < -0.3 is 4.57 Å². The second-order valence-corrected chi connectivity index (χ2v) is 9.32. The van der Waals surface area contributed by atoms with Crippen LogP contribution in [0, 0.1) is 11.8 Å². The molecule has 7 heteroatoms. The van der Waals surface area contributed by atoms with Crippen molar-refractivity contribution in [2.75, 3.05) is 13.1 Å². The van der Waals surface area contributed by atoms with Crippen LogP contribution in [0.4, 0.5) is 0 Å². The zero-order valence-electron chi connectivity index (χ0n) is 18.8. The Morgan fingerprint density at radius 2 is 1.77 bits per heavy atom. The van der Waals surface area contributed by atoms with Crippen molar-refractivity contribution in [3.8, 4) is 0 Å². The summed E-state index contributed by atoms with van der Waals surface area (Å²) in [6.07, 6.45) is 3.32. The maximum absolute atomic E-state index is 12.9. The Morgan fingerprint density at radius 3 is 2.45 bits per heavy atom. The van der Waals surface area contributed by atoms with E-state index in [0.29, 0.717) is 30.2 Å². The molecule has 3 aromatic rings. The van der Waals surface area contributed by atoms with Gasteiger partial charge in [-0.15, -0.1) is 0 Å². The zero-order chi connectivity index (χ0) is 22.0. The monoisotopic (exact) mass is 423 g/mol. The molecule has 0 unspecified atom stereocenters. The van der Waals surface area contributed by atoms with Gasteiger partial charge in [-0.05, 0) is 49.8 Å². The number of nitrogens with zero attached hydrogens (tertiary/aromatic N) is 4. The number of imidazole rings is 1. The van der Waals surface area contributed by atoms with Crippen molar-refractivity contribution in [2.24, 2.45) is 11.8 Å². The predicted octanol–water partition coefficient (Wildman–Crippen LogP) is 3.21. The van der Waals surface area contributed by atoms with Gasteiger partial charge in [-0.1, -0.05) is 51.1 Å². The van der Waals surface area contributed by atoms with Gasteiger partial charge in [0.1, 0.15) is 5.82 Å². The van der Waals surface area contributed by atoms with Crippen molar-refractivity contribution in [3.05, 3.63) is 62.6 Å². The summed E-state index contributed by atoms with van der Waals surface area (Å²) in [6.45, 7) is 10.6. The highest BCUT2D eigenvalue weighted by Gasteiger charge is 2.22. The maximum atomic E-state index is 12.9. The number of H-pyrrole nitrogens is 1. The Kier molecular flexibility index (Phi) is 6.41. The molecule has 3 heterocycles. The first-order valence-electron chi connectivity index (χ1n) is 11.4. The lowest BCUT2D eigenvalue weighted by molar-refractivity contribution is 0.179. The summed E-state index contributed by atoms with van der Waals surface area (Å²) in [7, 11) is 0. The van der Waals surface area contributed by atoms with E-state index in [1.165, 1.54) is 12.8 Å². The SMILES string of the molecule is CC(C)CCn1c(CN2CCC(C)CC2)nc2c1c(=O)[nH]c(=O)n2Cc1ccccc1. The minimum atomic E-state index is -0.409. The van der Waals surface area contributed by atoms with Crippen LogP contribution in [0.5, 0.6) is 0 Å². The molecular weight excluding hydrogens is 390 g/mol. The molecule has 1 aromatic carbocycles. The molecule has 1 fully saturated rings. The number of aromatic amines is 1. The summed E-state index contributed by atoms with van der Waals surface area (Å²) in [5, 5.41) is 0. The van der Waals surface area contributed by atoms with E-state index in [1.807, 2.05) is 34.9 Å². The van der Waals surface area contributed by atoms with Gasteiger partial charge in [-0.3, -0.25) is 19.2 Å². The molecule has 0 amide bonds. The average Bonchev–Trinajstić information content (AvgIpc) is 3.10. The highest BCUT2D eigenvalue weighted by molar-refractivity contribution is 5.71. The highest BCUT2D eigenvalue weighted by Crippen LogP contribution is 2.21. The van der Waals surface area contributed by atoms with E-state index >= 15 is 0 Å². The molecule has 0 saturated carbocycles. The van der Waals surface area contributed by atoms with E-state index in [1.54, 1.807) is 4.57 Å². The van der Waals surface area contributed by atoms with Crippen LogP contribution >= 0.6 is 0 Å². The van der Waals surface area contributed by atoms with Crippen LogP contribution in [0.2, 0.25) is 0 Å². The maximum Gasteiger partial charge on any atom is 0.330 e. The minimum Gasteiger partial charge on any atom is -0.321 e. The van der Waals surface area contributed by atoms with Crippen LogP contribution in [0.25, 0.3) is 11.2 Å². The number of hydrogen-bond donors (Lipinski definition) is 1. The normalized spacial score (nSPS) is 15.9. The van der Waals surface area contributed by atoms with E-state index in [0.717, 1.165) is 43.4 Å². The Balaban J connectivity index is 1.79. The van der Waals surface area contributed by atoms with Crippen LogP contribution in [-0.4, -0.2) is 37.1 Å². The largest absolute Gasteiger partial charge is 0.330 e. The summed E-state index contributed by atoms with van der Waals surface area (Å²) in [5.74, 6) is 2.15. The molecule has 0 aliphatic carbocycles. The molecule has 2 aromatic heterocycles. The first-order valence-corrected chi connectivity index (χ1v) is 11.4. The average molecular weight is 424 g/mol. The number of likely N-dealkylation sites (tertiary alicyclic amines) is 1. The first kappa shape index (κ1) is 21.6. The number of piperidine rings is 1. The Labute approximate surface area is 182 Å². The van der Waals surface area contributed by atoms with Crippen LogP contribution < -0.4 is 11.2 Å². The van der Waals surface area contributed by atoms with E-state index < -0.39 is 5.69 Å². The van der Waals surface area contributed by atoms with E-state index in [9.17, 15) is 9.59 Å². The summed E-state index contributed by atoms with van der Waals surface area (Å²) >= 11 is 0. The van der Waals surface area contributed by atoms with E-state index in [-0.39, 0.29) is 5.56 Å². The second-order valence-electron chi connectivity index (χ2n) is 9.32. The lowest BCUT2D eigenvalue weighted by Gasteiger charge is -2.29. The number of hydrogen-bond acceptors (Lipinski definition) is 4. The van der Waals surface area contributed by atoms with Gasteiger partial charge in [-0.25, -0.2) is 9.78 Å². The second kappa shape index (κ2) is 9.22. The summed E-state index contributed by atoms with van der Waals surface area (Å²) in [6, 6.07) is 9.82. The van der Waals surface area contributed by atoms with Crippen molar-refractivity contribution in [1.29, 1.82) is 0 Å². The van der Waals surface area contributed by atoms with Gasteiger partial charge >= 0.3 is 5.69 Å². The molecule has 31 heavy (non-hydrogen) atoms. The topological polar surface area (TPSA) is 75.9 Å². The molecule has 166 valence electrons. The van der Waals surface area contributed by atoms with Gasteiger partial charge in [0, 0.05) is 6.54 Å². The number of aromatic nitrogens is 4. The standard InChI is InChI=1S/C24H33N5O2/c1-17(2)9-14-28-20(16-27-12-10-18(3)11-13-27)25-22-21(28)23(30)26-24(31)29(22)15-19-7-5-4-6-8-19/h4-8,17-18H,9-16H2,1-3H3,(H,26,30,31). The van der Waals surface area contributed by atoms with Crippen molar-refractivity contribution in [2.45, 2.75) is 59.7 Å². The third kappa shape index (κ3) is 4.82. The Morgan fingerprint density at radius 1 is 1.06 bits per heavy atom. The molecule has 1 aliphatic heterocycles. The number of benzene rings is 1. The van der Waals surface area contributed by atoms with Crippen LogP contribution in [0.3, 0.4) is 0 Å². The number of rotatable bonds is 7. The van der Waals surface area contributed by atoms with Crippen LogP contribution in [-0.2, 0) is 19.6 Å². The van der Waals surface area contributed by atoms with E-state index in [2.05, 4.69) is 30.7 Å². The zero-order valence-corrected chi connectivity index (χ0v) is 18.8. The van der Waals surface area contributed by atoms with Crippen molar-refractivity contribution < 1.29 is 0 Å². The number of aryl methyl sites for hydroxylation is 1. The minimum absolute atomic E-state index is 0.348. The summed E-state index contributed by atoms with van der Waals surface area (Å²) in [5.41, 5.74) is 1.24. The number of nitrogens with one attached hydrogen (secondary N) is 1. The number of fused-ring (bicyclic) bond motifs is 1. The molecule has 1 saturated heterocycles. The van der Waals surface area contributed by atoms with Crippen LogP contribution in [0.1, 0.15) is 51.4 Å². The third-order valence-electron chi connectivity index (χ3n) is 6.32. The van der Waals surface area contributed by atoms with Crippen molar-refractivity contribution in [1.82, 2.24) is 24.0 Å². The predicted molar refractivity (Wildman–Crippen MR) is 123 cm³/mol. The smallest absolute Gasteiger partial charge is 0.321 e. The first-order chi connectivity index (χ1) is 14.9. The molecular formula is C24H33N5O2. The Hall–Kier alpha value is -2.67. The fraction of sp³-hybridized carbons (Fsp3) is 0.542. The van der Waals surface area contributed by atoms with Crippen molar-refractivity contribution in [3.63, 3.8) is 0 Å². The van der Waals surface area contributed by atoms with Gasteiger partial charge in [0.05, 0.1) is 13.1 Å². The van der Waals surface area contributed by atoms with E-state index in [4.69, 9.17) is 4.98 Å². The molecule has 7 nitrogen and oxygen atoms in total. The molecule has 1 aliphatic rings. The lowest BCUT2D eigenvalue weighted by atomic mass is 9.99. The molecule has 0 atom stereocenters. The van der Waals surface area contributed by atoms with Crippen molar-refractivity contribution >= 4 is 11.2 Å². The van der Waals surface area contributed by atoms with Gasteiger partial charge in [0.2, 0.25) is 0 Å². The molecule has 0 bridgehead atoms. The fourth-order valence-electron chi connectivity index (χ4n) is 4.30. The van der Waals surface area contributed by atoms with Gasteiger partial charge in [0.25, 0.3) is 5.56 Å². The van der Waals surface area contributed by atoms with Crippen LogP contribution in [0.15, 0.2) is 39.9 Å². The van der Waals surface area contributed by atoms with Gasteiger partial charge in [0.15, 0.2) is 11.2 Å². The molecule has 1 N–H and O–H groups in total. The Bertz CT molecular complexity index is 1130. The summed E-state index contributed by atoms with van der Waals surface area (Å²) < 4.78 is 3.65. The highest BCUT2D eigenvalue weighted by atomic mass is 16.2. The lowest BCUT2D eigenvalue weighted by Crippen LogP contribution is -2.33. The third-order valence-corrected chi connectivity index (χ3v) is 6.32. The fourth-order valence-corrected chi connectivity index (χ4v) is 4.30. The molecule has 4 rings (SSSR count). The quantitative estimate of drug-likeness (QED) is 0.633. The molecule has 0 spiro atoms. The molecule has 0 radical (unpaired) electrons.